The van der Waals surface area contributed by atoms with Gasteiger partial charge in [-0.3, -0.25) is 4.79 Å². The number of benzene rings is 2. The van der Waals surface area contributed by atoms with Gasteiger partial charge >= 0.3 is 0 Å². The standard InChI is InChI=1S/C19H17ClO5/c1-10-17(21)14-4-3-13(22-2)7-16(14)25-18(10)15-6-12(20)5-11-8-23-9-24-19(11)15/h3-7,10,18H,8-9H2,1-2H3/t10-,18-/m0/s1. The molecule has 130 valence electrons. The van der Waals surface area contributed by atoms with Crippen LogP contribution in [-0.4, -0.2) is 19.7 Å². The number of carbonyl (C=O) groups is 1. The van der Waals surface area contributed by atoms with Gasteiger partial charge in [-0.1, -0.05) is 18.5 Å². The first-order valence-corrected chi connectivity index (χ1v) is 8.38. The van der Waals surface area contributed by atoms with Crippen molar-refractivity contribution in [1.29, 1.82) is 0 Å². The number of hydrogen-bond acceptors (Lipinski definition) is 5. The number of hydrogen-bond donors (Lipinski definition) is 0. The van der Waals surface area contributed by atoms with E-state index in [0.29, 0.717) is 34.4 Å². The zero-order valence-electron chi connectivity index (χ0n) is 13.9. The largest absolute Gasteiger partial charge is 0.497 e. The van der Waals surface area contributed by atoms with Crippen molar-refractivity contribution < 1.29 is 23.7 Å². The molecule has 4 rings (SSSR count). The van der Waals surface area contributed by atoms with E-state index < -0.39 is 6.10 Å². The molecule has 0 unspecified atom stereocenters. The summed E-state index contributed by atoms with van der Waals surface area (Å²) in [6, 6.07) is 8.83. The highest BCUT2D eigenvalue weighted by Crippen LogP contribution is 2.45. The minimum absolute atomic E-state index is 0.0229. The van der Waals surface area contributed by atoms with Gasteiger partial charge in [-0.15, -0.1) is 0 Å². The van der Waals surface area contributed by atoms with Crippen LogP contribution in [0.2, 0.25) is 5.02 Å². The van der Waals surface area contributed by atoms with Gasteiger partial charge in [0, 0.05) is 22.2 Å². The van der Waals surface area contributed by atoms with Gasteiger partial charge in [0.15, 0.2) is 12.6 Å². The van der Waals surface area contributed by atoms with E-state index in [2.05, 4.69) is 0 Å². The Bertz CT molecular complexity index is 848. The molecule has 0 N–H and O–H groups in total. The summed E-state index contributed by atoms with van der Waals surface area (Å²) in [5.41, 5.74) is 2.18. The molecule has 6 heteroatoms. The van der Waals surface area contributed by atoms with E-state index >= 15 is 0 Å². The van der Waals surface area contributed by atoms with Crippen molar-refractivity contribution in [3.8, 4) is 17.2 Å². The van der Waals surface area contributed by atoms with Crippen molar-refractivity contribution in [2.75, 3.05) is 13.9 Å². The third-order valence-electron chi connectivity index (χ3n) is 4.59. The summed E-state index contributed by atoms with van der Waals surface area (Å²) in [7, 11) is 1.58. The minimum atomic E-state index is -0.488. The Balaban J connectivity index is 1.81. The fourth-order valence-corrected chi connectivity index (χ4v) is 3.55. The Morgan fingerprint density at radius 2 is 2.08 bits per heavy atom. The van der Waals surface area contributed by atoms with Gasteiger partial charge in [-0.25, -0.2) is 0 Å². The Hall–Kier alpha value is -2.24. The molecular weight excluding hydrogens is 344 g/mol. The predicted molar refractivity (Wildman–Crippen MR) is 91.6 cm³/mol. The lowest BCUT2D eigenvalue weighted by Gasteiger charge is -2.33. The summed E-state index contributed by atoms with van der Waals surface area (Å²) < 4.78 is 22.4. The summed E-state index contributed by atoms with van der Waals surface area (Å²) in [6.45, 7) is 2.44. The van der Waals surface area contributed by atoms with Gasteiger partial charge in [0.05, 0.1) is 25.2 Å². The van der Waals surface area contributed by atoms with Crippen LogP contribution in [0.25, 0.3) is 0 Å². The average molecular weight is 361 g/mol. The van der Waals surface area contributed by atoms with Gasteiger partial charge in [-0.05, 0) is 24.3 Å². The second-order valence-electron chi connectivity index (χ2n) is 6.15. The van der Waals surface area contributed by atoms with Crippen LogP contribution < -0.4 is 14.2 Å². The van der Waals surface area contributed by atoms with E-state index in [0.717, 1.165) is 11.1 Å². The molecule has 0 aromatic heterocycles. The number of carbonyl (C=O) groups excluding carboxylic acids is 1. The summed E-state index contributed by atoms with van der Waals surface area (Å²) in [5, 5.41) is 0.558. The van der Waals surface area contributed by atoms with Crippen LogP contribution in [0.5, 0.6) is 17.2 Å². The molecule has 2 atom stereocenters. The number of ether oxygens (including phenoxy) is 4. The second-order valence-corrected chi connectivity index (χ2v) is 6.58. The van der Waals surface area contributed by atoms with E-state index in [1.54, 1.807) is 31.4 Å². The van der Waals surface area contributed by atoms with Crippen LogP contribution >= 0.6 is 11.6 Å². The number of halogens is 1. The zero-order valence-corrected chi connectivity index (χ0v) is 14.6. The smallest absolute Gasteiger partial charge is 0.189 e. The molecule has 0 amide bonds. The van der Waals surface area contributed by atoms with Crippen LogP contribution in [0.3, 0.4) is 0 Å². The number of Topliss-reactive ketones (excluding diaryl/α,β-unsaturated/α-hetero) is 1. The van der Waals surface area contributed by atoms with Crippen LogP contribution in [0, 0.1) is 5.92 Å². The number of ketones is 1. The first-order valence-electron chi connectivity index (χ1n) is 8.00. The number of rotatable bonds is 2. The Morgan fingerprint density at radius 3 is 2.88 bits per heavy atom. The highest BCUT2D eigenvalue weighted by atomic mass is 35.5. The molecule has 2 heterocycles. The van der Waals surface area contributed by atoms with Crippen molar-refractivity contribution in [3.63, 3.8) is 0 Å². The lowest BCUT2D eigenvalue weighted by Crippen LogP contribution is -2.30. The van der Waals surface area contributed by atoms with Gasteiger partial charge in [0.2, 0.25) is 0 Å². The first kappa shape index (κ1) is 16.2. The molecule has 5 nitrogen and oxygen atoms in total. The zero-order chi connectivity index (χ0) is 17.6. The lowest BCUT2D eigenvalue weighted by atomic mass is 9.86. The third kappa shape index (κ3) is 2.73. The molecule has 0 fully saturated rings. The Kier molecular flexibility index (Phi) is 4.06. The van der Waals surface area contributed by atoms with Gasteiger partial charge in [0.1, 0.15) is 23.4 Å². The predicted octanol–water partition coefficient (Wildman–Crippen LogP) is 4.17. The average Bonchev–Trinajstić information content (AvgIpc) is 2.63. The van der Waals surface area contributed by atoms with Crippen molar-refractivity contribution in [1.82, 2.24) is 0 Å². The molecule has 0 bridgehead atoms. The maximum atomic E-state index is 12.8. The lowest BCUT2D eigenvalue weighted by molar-refractivity contribution is -0.0189. The van der Waals surface area contributed by atoms with E-state index in [9.17, 15) is 4.79 Å². The minimum Gasteiger partial charge on any atom is -0.497 e. The third-order valence-corrected chi connectivity index (χ3v) is 4.80. The number of fused-ring (bicyclic) bond motifs is 2. The normalized spacial score (nSPS) is 21.6. The van der Waals surface area contributed by atoms with Crippen molar-refractivity contribution in [3.05, 3.63) is 52.0 Å². The molecular formula is C19H17ClO5. The summed E-state index contributed by atoms with van der Waals surface area (Å²) in [6.07, 6.45) is -0.488. The van der Waals surface area contributed by atoms with Crippen LogP contribution in [0.15, 0.2) is 30.3 Å². The maximum absolute atomic E-state index is 12.8. The van der Waals surface area contributed by atoms with Crippen LogP contribution in [0.1, 0.15) is 34.5 Å². The molecule has 0 saturated heterocycles. The quantitative estimate of drug-likeness (QED) is 0.804. The number of methoxy groups -OCH3 is 1. The van der Waals surface area contributed by atoms with E-state index in [1.807, 2.05) is 13.0 Å². The fraction of sp³-hybridized carbons (Fsp3) is 0.316. The van der Waals surface area contributed by atoms with Gasteiger partial charge < -0.3 is 18.9 Å². The van der Waals surface area contributed by atoms with Gasteiger partial charge in [-0.2, -0.15) is 0 Å². The highest BCUT2D eigenvalue weighted by Gasteiger charge is 2.38. The molecule has 2 aromatic carbocycles. The molecule has 0 saturated carbocycles. The van der Waals surface area contributed by atoms with Crippen LogP contribution in [-0.2, 0) is 11.3 Å². The van der Waals surface area contributed by atoms with Crippen molar-refractivity contribution in [2.24, 2.45) is 5.92 Å². The molecule has 0 radical (unpaired) electrons. The monoisotopic (exact) mass is 360 g/mol. The fourth-order valence-electron chi connectivity index (χ4n) is 3.31. The topological polar surface area (TPSA) is 54.0 Å². The van der Waals surface area contributed by atoms with Crippen molar-refractivity contribution in [2.45, 2.75) is 19.6 Å². The molecule has 25 heavy (non-hydrogen) atoms. The second kappa shape index (κ2) is 6.24. The van der Waals surface area contributed by atoms with E-state index in [1.165, 1.54) is 0 Å². The maximum Gasteiger partial charge on any atom is 0.189 e. The molecule has 2 aliphatic heterocycles. The summed E-state index contributed by atoms with van der Waals surface area (Å²) in [4.78, 5) is 12.8. The van der Waals surface area contributed by atoms with Crippen molar-refractivity contribution >= 4 is 17.4 Å². The highest BCUT2D eigenvalue weighted by molar-refractivity contribution is 6.30. The molecule has 2 aliphatic rings. The summed E-state index contributed by atoms with van der Waals surface area (Å²) in [5.74, 6) is 1.49. The van der Waals surface area contributed by atoms with E-state index in [4.69, 9.17) is 30.5 Å². The first-order chi connectivity index (χ1) is 12.1. The molecule has 0 aliphatic carbocycles. The molecule has 2 aromatic rings. The molecule has 0 spiro atoms. The van der Waals surface area contributed by atoms with E-state index in [-0.39, 0.29) is 18.5 Å². The Labute approximate surface area is 150 Å². The summed E-state index contributed by atoms with van der Waals surface area (Å²) >= 11 is 6.26. The van der Waals surface area contributed by atoms with Gasteiger partial charge in [0.25, 0.3) is 0 Å². The SMILES string of the molecule is COc1ccc2c(c1)O[C@H](c1cc(Cl)cc3c1OCOC3)[C@@H](C)C2=O. The van der Waals surface area contributed by atoms with Crippen LogP contribution in [0.4, 0.5) is 0 Å². The Morgan fingerprint density at radius 1 is 1.24 bits per heavy atom.